The second-order valence-corrected chi connectivity index (χ2v) is 10.3. The average molecular weight is 421 g/mol. The molecule has 27 heavy (non-hydrogen) atoms. The van der Waals surface area contributed by atoms with Crippen molar-refractivity contribution in [3.05, 3.63) is 0 Å². The zero-order valence-electron chi connectivity index (χ0n) is 17.4. The minimum absolute atomic E-state index is 0.132. The predicted molar refractivity (Wildman–Crippen MR) is 123 cm³/mol. The monoisotopic (exact) mass is 420 g/mol. The Kier molecular flexibility index (Phi) is 13.8. The molecule has 1 atom stereocenters. The summed E-state index contributed by atoms with van der Waals surface area (Å²) in [6.07, 6.45) is 4.84. The van der Waals surface area contributed by atoms with E-state index in [9.17, 15) is 0 Å². The number of amidine groups is 2. The van der Waals surface area contributed by atoms with Gasteiger partial charge in [-0.3, -0.25) is 0 Å². The minimum Gasteiger partial charge on any atom is -0.322 e. The number of nitrogens with one attached hydrogen (secondary N) is 2. The number of nitrogens with zero attached hydrogens (tertiary/aromatic N) is 2. The summed E-state index contributed by atoms with van der Waals surface area (Å²) in [5, 5.41) is 7.38. The Bertz CT molecular complexity index is 456. The summed E-state index contributed by atoms with van der Waals surface area (Å²) in [6.45, 7) is 8.90. The van der Waals surface area contributed by atoms with Crippen molar-refractivity contribution in [2.24, 2.45) is 44.4 Å². The molecule has 10 heteroatoms. The fraction of sp³-hybridized carbons (Fsp3) is 0.882. The summed E-state index contributed by atoms with van der Waals surface area (Å²) < 4.78 is 0. The Morgan fingerprint density at radius 1 is 0.815 bits per heavy atom. The van der Waals surface area contributed by atoms with E-state index in [0.29, 0.717) is 11.7 Å². The third kappa shape index (κ3) is 12.3. The lowest BCUT2D eigenvalue weighted by Crippen LogP contribution is -2.36. The van der Waals surface area contributed by atoms with Crippen LogP contribution in [0.1, 0.15) is 59.8 Å². The molecule has 0 rings (SSSR count). The van der Waals surface area contributed by atoms with E-state index in [1.165, 1.54) is 0 Å². The maximum Gasteiger partial charge on any atom is 0.136 e. The smallest absolute Gasteiger partial charge is 0.136 e. The van der Waals surface area contributed by atoms with Gasteiger partial charge in [0.05, 0.1) is 0 Å². The number of hydrogen-bond donors (Lipinski definition) is 6. The molecule has 0 fully saturated rings. The Balaban J connectivity index is 3.94. The van der Waals surface area contributed by atoms with Crippen molar-refractivity contribution in [3.63, 3.8) is 0 Å². The lowest BCUT2D eigenvalue weighted by molar-refractivity contribution is 0.312. The van der Waals surface area contributed by atoms with Crippen LogP contribution in [-0.4, -0.2) is 34.7 Å². The number of hydrazone groups is 2. The minimum atomic E-state index is 0.132. The molecule has 0 aromatic rings. The lowest BCUT2D eigenvalue weighted by atomic mass is 9.81. The van der Waals surface area contributed by atoms with Crippen molar-refractivity contribution in [1.29, 1.82) is 0 Å². The van der Waals surface area contributed by atoms with Crippen molar-refractivity contribution in [2.45, 2.75) is 59.8 Å². The Morgan fingerprint density at radius 3 is 1.74 bits per heavy atom. The van der Waals surface area contributed by atoms with Gasteiger partial charge in [-0.2, -0.15) is 33.7 Å². The van der Waals surface area contributed by atoms with Gasteiger partial charge in [0.1, 0.15) is 11.7 Å². The molecule has 8 nitrogen and oxygen atoms in total. The number of hydrogen-bond acceptors (Lipinski definition) is 8. The van der Waals surface area contributed by atoms with Gasteiger partial charge in [-0.05, 0) is 35.2 Å². The van der Waals surface area contributed by atoms with Gasteiger partial charge < -0.3 is 22.5 Å². The van der Waals surface area contributed by atoms with Crippen molar-refractivity contribution >= 4 is 35.2 Å². The van der Waals surface area contributed by atoms with Crippen LogP contribution in [0.4, 0.5) is 0 Å². The summed E-state index contributed by atoms with van der Waals surface area (Å²) >= 11 is 4.01. The van der Waals surface area contributed by atoms with Crippen LogP contribution in [0, 0.1) is 10.8 Å². The molecule has 0 aromatic carbocycles. The first-order valence-corrected chi connectivity index (χ1v) is 11.7. The van der Waals surface area contributed by atoms with E-state index in [4.69, 9.17) is 23.4 Å². The van der Waals surface area contributed by atoms with E-state index in [2.05, 4.69) is 48.7 Å². The molecule has 0 amide bonds. The van der Waals surface area contributed by atoms with Crippen LogP contribution in [0.5, 0.6) is 0 Å². The molecule has 0 aliphatic rings. The highest BCUT2D eigenvalue weighted by Crippen LogP contribution is 2.32. The third-order valence-corrected chi connectivity index (χ3v) is 7.11. The summed E-state index contributed by atoms with van der Waals surface area (Å²) in [7, 11) is 0. The molecule has 0 aliphatic carbocycles. The van der Waals surface area contributed by atoms with Crippen molar-refractivity contribution < 1.29 is 0 Å². The highest BCUT2D eigenvalue weighted by atomic mass is 32.2. The standard InChI is InChI=1S/C17H40N8S2/c1-5-17(4,13-15(24-20)25-21)7-9-27-11-10-26-8-6-16(2,3)12-14(22-18)23-19/h5-13,18-21H2,1-4H3,(H,22,23)(H,24,25). The molecule has 160 valence electrons. The van der Waals surface area contributed by atoms with Crippen LogP contribution in [0.15, 0.2) is 10.2 Å². The fourth-order valence-corrected chi connectivity index (χ4v) is 5.28. The van der Waals surface area contributed by atoms with Gasteiger partial charge in [-0.25, -0.2) is 11.7 Å². The first kappa shape index (κ1) is 26.2. The average Bonchev–Trinajstić information content (AvgIpc) is 2.66. The topological polar surface area (TPSA) is 153 Å². The first-order chi connectivity index (χ1) is 12.8. The van der Waals surface area contributed by atoms with E-state index in [1.54, 1.807) is 0 Å². The van der Waals surface area contributed by atoms with Gasteiger partial charge in [-0.1, -0.05) is 34.1 Å². The molecule has 0 aliphatic heterocycles. The van der Waals surface area contributed by atoms with E-state index < -0.39 is 0 Å². The molecule has 10 N–H and O–H groups in total. The normalized spacial score (nSPS) is 15.5. The molecule has 0 heterocycles. The van der Waals surface area contributed by atoms with Gasteiger partial charge >= 0.3 is 0 Å². The molecular formula is C17H40N8S2. The van der Waals surface area contributed by atoms with Gasteiger partial charge in [-0.15, -0.1) is 0 Å². The van der Waals surface area contributed by atoms with Gasteiger partial charge in [0.2, 0.25) is 0 Å². The van der Waals surface area contributed by atoms with Gasteiger partial charge in [0, 0.05) is 24.3 Å². The Labute approximate surface area is 173 Å². The van der Waals surface area contributed by atoms with Crippen LogP contribution in [0.3, 0.4) is 0 Å². The second kappa shape index (κ2) is 14.2. The third-order valence-electron chi connectivity index (χ3n) is 4.88. The van der Waals surface area contributed by atoms with Crippen molar-refractivity contribution in [2.75, 3.05) is 23.0 Å². The zero-order chi connectivity index (χ0) is 20.8. The van der Waals surface area contributed by atoms with E-state index >= 15 is 0 Å². The molecule has 0 radical (unpaired) electrons. The first-order valence-electron chi connectivity index (χ1n) is 9.38. The maximum absolute atomic E-state index is 5.45. The largest absolute Gasteiger partial charge is 0.322 e. The van der Waals surface area contributed by atoms with E-state index in [1.807, 2.05) is 23.5 Å². The molecule has 0 bridgehead atoms. The lowest BCUT2D eigenvalue weighted by Gasteiger charge is -2.28. The number of nitrogens with two attached hydrogens (primary N) is 4. The van der Waals surface area contributed by atoms with E-state index in [-0.39, 0.29) is 10.8 Å². The van der Waals surface area contributed by atoms with Crippen LogP contribution in [0.25, 0.3) is 0 Å². The zero-order valence-corrected chi connectivity index (χ0v) is 19.0. The molecule has 0 spiro atoms. The van der Waals surface area contributed by atoms with Crippen molar-refractivity contribution in [1.82, 2.24) is 10.9 Å². The molecular weight excluding hydrogens is 380 g/mol. The summed E-state index contributed by atoms with van der Waals surface area (Å²) in [6, 6.07) is 0. The van der Waals surface area contributed by atoms with Crippen LogP contribution >= 0.6 is 23.5 Å². The fourth-order valence-electron chi connectivity index (χ4n) is 2.59. The number of rotatable bonds is 14. The molecule has 0 saturated carbocycles. The van der Waals surface area contributed by atoms with Crippen LogP contribution < -0.4 is 34.2 Å². The quantitative estimate of drug-likeness (QED) is 0.0819. The van der Waals surface area contributed by atoms with Crippen molar-refractivity contribution in [3.8, 4) is 0 Å². The van der Waals surface area contributed by atoms with Gasteiger partial charge in [0.25, 0.3) is 0 Å². The highest BCUT2D eigenvalue weighted by Gasteiger charge is 2.24. The second-order valence-electron chi connectivity index (χ2n) is 7.85. The number of hydrazine groups is 2. The molecule has 1 unspecified atom stereocenters. The number of thioether (sulfide) groups is 2. The van der Waals surface area contributed by atoms with E-state index in [0.717, 1.165) is 55.1 Å². The maximum atomic E-state index is 5.45. The highest BCUT2D eigenvalue weighted by molar-refractivity contribution is 8.02. The summed E-state index contributed by atoms with van der Waals surface area (Å²) in [5.41, 5.74) is 5.45. The van der Waals surface area contributed by atoms with Crippen LogP contribution in [-0.2, 0) is 0 Å². The SMILES string of the molecule is CCC(C)(CCSCCSCCC(C)(C)C/C(=N/N)NN)C/C(=N/N)NN. The Hall–Kier alpha value is -0.840. The Morgan fingerprint density at radius 2 is 1.30 bits per heavy atom. The summed E-state index contributed by atoms with van der Waals surface area (Å²) in [5.74, 6) is 27.4. The predicted octanol–water partition coefficient (Wildman–Crippen LogP) is 1.93. The van der Waals surface area contributed by atoms with Gasteiger partial charge in [0.15, 0.2) is 0 Å². The molecule has 0 aromatic heterocycles. The molecule has 0 saturated heterocycles. The van der Waals surface area contributed by atoms with Crippen LogP contribution in [0.2, 0.25) is 0 Å². The summed E-state index contributed by atoms with van der Waals surface area (Å²) in [4.78, 5) is 0.